The normalized spacial score (nSPS) is 10.3. The van der Waals surface area contributed by atoms with Crippen LogP contribution in [0.5, 0.6) is 5.75 Å². The van der Waals surface area contributed by atoms with Crippen LogP contribution in [0.15, 0.2) is 30.3 Å². The third kappa shape index (κ3) is 2.19. The third-order valence-electron chi connectivity index (χ3n) is 2.32. The van der Waals surface area contributed by atoms with Gasteiger partial charge in [-0.15, -0.1) is 0 Å². The quantitative estimate of drug-likeness (QED) is 0.581. The number of carbonyl (C=O) groups is 1. The van der Waals surface area contributed by atoms with Crippen molar-refractivity contribution in [3.63, 3.8) is 0 Å². The zero-order valence-corrected chi connectivity index (χ0v) is 9.14. The number of ether oxygens (including phenoxy) is 1. The molecule has 0 aliphatic rings. The molecule has 82 valence electrons. The SMILES string of the molecule is Cc1ccc2cccc(OCCC=O)c2n1. The Balaban J connectivity index is 2.36. The van der Waals surface area contributed by atoms with E-state index >= 15 is 0 Å². The van der Waals surface area contributed by atoms with Crippen LogP contribution in [0.4, 0.5) is 0 Å². The van der Waals surface area contributed by atoms with E-state index in [1.807, 2.05) is 37.3 Å². The lowest BCUT2D eigenvalue weighted by Gasteiger charge is -2.07. The van der Waals surface area contributed by atoms with Crippen molar-refractivity contribution in [3.05, 3.63) is 36.0 Å². The summed E-state index contributed by atoms with van der Waals surface area (Å²) in [4.78, 5) is 14.7. The van der Waals surface area contributed by atoms with E-state index in [4.69, 9.17) is 4.74 Å². The topological polar surface area (TPSA) is 39.2 Å². The fraction of sp³-hybridized carbons (Fsp3) is 0.231. The molecule has 2 aromatic rings. The summed E-state index contributed by atoms with van der Waals surface area (Å²) < 4.78 is 5.52. The van der Waals surface area contributed by atoms with Crippen molar-refractivity contribution in [2.75, 3.05) is 6.61 Å². The summed E-state index contributed by atoms with van der Waals surface area (Å²) in [5.74, 6) is 0.739. The number of carbonyl (C=O) groups excluding carboxylic acids is 1. The minimum Gasteiger partial charge on any atom is -0.491 e. The molecule has 0 saturated heterocycles. The summed E-state index contributed by atoms with van der Waals surface area (Å²) in [6.45, 7) is 2.35. The fourth-order valence-electron chi connectivity index (χ4n) is 1.55. The van der Waals surface area contributed by atoms with Crippen LogP contribution in [-0.2, 0) is 4.79 Å². The van der Waals surface area contributed by atoms with Crippen molar-refractivity contribution in [1.82, 2.24) is 4.98 Å². The Morgan fingerprint density at radius 2 is 2.19 bits per heavy atom. The lowest BCUT2D eigenvalue weighted by atomic mass is 10.2. The van der Waals surface area contributed by atoms with Gasteiger partial charge in [0.2, 0.25) is 0 Å². The lowest BCUT2D eigenvalue weighted by Crippen LogP contribution is -1.99. The first-order valence-electron chi connectivity index (χ1n) is 5.24. The maximum atomic E-state index is 10.2. The molecular formula is C13H13NO2. The molecule has 1 heterocycles. The van der Waals surface area contributed by atoms with Crippen molar-refractivity contribution in [2.24, 2.45) is 0 Å². The van der Waals surface area contributed by atoms with Gasteiger partial charge in [-0.2, -0.15) is 0 Å². The van der Waals surface area contributed by atoms with Crippen molar-refractivity contribution in [3.8, 4) is 5.75 Å². The van der Waals surface area contributed by atoms with Gasteiger partial charge in [0, 0.05) is 17.5 Å². The van der Waals surface area contributed by atoms with Crippen LogP contribution in [-0.4, -0.2) is 17.9 Å². The number of aromatic nitrogens is 1. The molecule has 16 heavy (non-hydrogen) atoms. The molecule has 0 fully saturated rings. The van der Waals surface area contributed by atoms with Crippen LogP contribution in [0.25, 0.3) is 10.9 Å². The average Bonchev–Trinajstić information content (AvgIpc) is 2.30. The van der Waals surface area contributed by atoms with Crippen LogP contribution >= 0.6 is 0 Å². The van der Waals surface area contributed by atoms with Crippen LogP contribution in [0.2, 0.25) is 0 Å². The Bertz CT molecular complexity index is 508. The van der Waals surface area contributed by atoms with E-state index in [1.165, 1.54) is 0 Å². The minimum absolute atomic E-state index is 0.401. The number of hydrogen-bond donors (Lipinski definition) is 0. The Morgan fingerprint density at radius 3 is 3.00 bits per heavy atom. The van der Waals surface area contributed by atoms with Crippen LogP contribution < -0.4 is 4.74 Å². The first-order valence-corrected chi connectivity index (χ1v) is 5.24. The van der Waals surface area contributed by atoms with Crippen LogP contribution in [0, 0.1) is 6.92 Å². The maximum Gasteiger partial charge on any atom is 0.145 e. The molecule has 2 rings (SSSR count). The van der Waals surface area contributed by atoms with E-state index < -0.39 is 0 Å². The molecule has 0 amide bonds. The average molecular weight is 215 g/mol. The number of aldehydes is 1. The first kappa shape index (κ1) is 10.6. The highest BCUT2D eigenvalue weighted by Crippen LogP contribution is 2.23. The van der Waals surface area contributed by atoms with Gasteiger partial charge in [0.25, 0.3) is 0 Å². The lowest BCUT2D eigenvalue weighted by molar-refractivity contribution is -0.108. The smallest absolute Gasteiger partial charge is 0.145 e. The van der Waals surface area contributed by atoms with Gasteiger partial charge in [0.05, 0.1) is 6.61 Å². The van der Waals surface area contributed by atoms with E-state index in [2.05, 4.69) is 4.98 Å². The van der Waals surface area contributed by atoms with Gasteiger partial charge in [-0.25, -0.2) is 4.98 Å². The van der Waals surface area contributed by atoms with Crippen molar-refractivity contribution in [2.45, 2.75) is 13.3 Å². The van der Waals surface area contributed by atoms with Gasteiger partial charge >= 0.3 is 0 Å². The summed E-state index contributed by atoms with van der Waals surface area (Å²) in [5.41, 5.74) is 1.81. The molecule has 0 saturated carbocycles. The number of pyridine rings is 1. The highest BCUT2D eigenvalue weighted by atomic mass is 16.5. The Labute approximate surface area is 94.1 Å². The highest BCUT2D eigenvalue weighted by Gasteiger charge is 2.03. The van der Waals surface area contributed by atoms with Gasteiger partial charge in [-0.05, 0) is 19.1 Å². The van der Waals surface area contributed by atoms with Crippen molar-refractivity contribution >= 4 is 17.2 Å². The van der Waals surface area contributed by atoms with E-state index in [0.717, 1.165) is 28.6 Å². The third-order valence-corrected chi connectivity index (χ3v) is 2.32. The summed E-state index contributed by atoms with van der Waals surface area (Å²) in [5, 5.41) is 1.05. The summed E-state index contributed by atoms with van der Waals surface area (Å²) >= 11 is 0. The predicted octanol–water partition coefficient (Wildman–Crippen LogP) is 2.51. The number of benzene rings is 1. The Morgan fingerprint density at radius 1 is 1.31 bits per heavy atom. The van der Waals surface area contributed by atoms with E-state index in [0.29, 0.717) is 13.0 Å². The molecule has 0 radical (unpaired) electrons. The van der Waals surface area contributed by atoms with Crippen LogP contribution in [0.1, 0.15) is 12.1 Å². The molecule has 0 N–H and O–H groups in total. The molecule has 3 nitrogen and oxygen atoms in total. The molecular weight excluding hydrogens is 202 g/mol. The van der Waals surface area contributed by atoms with Gasteiger partial charge in [-0.3, -0.25) is 0 Å². The van der Waals surface area contributed by atoms with Gasteiger partial charge in [-0.1, -0.05) is 18.2 Å². The second kappa shape index (κ2) is 4.75. The Hall–Kier alpha value is -1.90. The Kier molecular flexibility index (Phi) is 3.15. The number of para-hydroxylation sites is 1. The molecule has 0 aliphatic carbocycles. The molecule has 0 aliphatic heterocycles. The molecule has 0 bridgehead atoms. The maximum absolute atomic E-state index is 10.2. The van der Waals surface area contributed by atoms with E-state index in [9.17, 15) is 4.79 Å². The zero-order chi connectivity index (χ0) is 11.4. The van der Waals surface area contributed by atoms with E-state index in [-0.39, 0.29) is 0 Å². The monoisotopic (exact) mass is 215 g/mol. The highest BCUT2D eigenvalue weighted by molar-refractivity contribution is 5.84. The summed E-state index contributed by atoms with van der Waals surface area (Å²) in [7, 11) is 0. The van der Waals surface area contributed by atoms with Gasteiger partial charge in [0.1, 0.15) is 17.6 Å². The number of hydrogen-bond acceptors (Lipinski definition) is 3. The number of aryl methyl sites for hydroxylation is 1. The molecule has 0 unspecified atom stereocenters. The molecule has 1 aromatic heterocycles. The largest absolute Gasteiger partial charge is 0.491 e. The second-order valence-electron chi connectivity index (χ2n) is 3.58. The minimum atomic E-state index is 0.401. The predicted molar refractivity (Wildman–Crippen MR) is 62.7 cm³/mol. The zero-order valence-electron chi connectivity index (χ0n) is 9.14. The van der Waals surface area contributed by atoms with Crippen molar-refractivity contribution in [1.29, 1.82) is 0 Å². The molecule has 1 aromatic carbocycles. The van der Waals surface area contributed by atoms with Crippen LogP contribution in [0.3, 0.4) is 0 Å². The second-order valence-corrected chi connectivity index (χ2v) is 3.58. The summed E-state index contributed by atoms with van der Waals surface area (Å²) in [6, 6.07) is 9.78. The molecule has 0 spiro atoms. The standard InChI is InChI=1S/C13H13NO2/c1-10-6-7-11-4-2-5-12(13(11)14-10)16-9-3-8-15/h2,4-8H,3,9H2,1H3. The molecule has 0 atom stereocenters. The summed E-state index contributed by atoms with van der Waals surface area (Å²) in [6.07, 6.45) is 1.26. The molecule has 3 heteroatoms. The fourth-order valence-corrected chi connectivity index (χ4v) is 1.55. The van der Waals surface area contributed by atoms with Gasteiger partial charge < -0.3 is 9.53 Å². The van der Waals surface area contributed by atoms with Gasteiger partial charge in [0.15, 0.2) is 0 Å². The van der Waals surface area contributed by atoms with Crippen molar-refractivity contribution < 1.29 is 9.53 Å². The number of nitrogens with zero attached hydrogens (tertiary/aromatic N) is 1. The van der Waals surface area contributed by atoms with E-state index in [1.54, 1.807) is 0 Å². The number of fused-ring (bicyclic) bond motifs is 1. The number of rotatable bonds is 4. The first-order chi connectivity index (χ1) is 7.81.